The van der Waals surface area contributed by atoms with E-state index in [4.69, 9.17) is 0 Å². The highest BCUT2D eigenvalue weighted by molar-refractivity contribution is 5.92. The Bertz CT molecular complexity index is 658. The molecule has 0 heterocycles. The van der Waals surface area contributed by atoms with Crippen LogP contribution in [0.4, 0.5) is 18.9 Å². The van der Waals surface area contributed by atoms with Gasteiger partial charge in [-0.25, -0.2) is 0 Å². The monoisotopic (exact) mass is 338 g/mol. The SMILES string of the molecule is CN(CC(=O)Nc1ccc(OC(F)(F)F)cc1)Cc1ccccc1. The van der Waals surface area contributed by atoms with Crippen molar-refractivity contribution < 1.29 is 22.7 Å². The fourth-order valence-electron chi connectivity index (χ4n) is 2.14. The Morgan fingerprint density at radius 2 is 1.71 bits per heavy atom. The van der Waals surface area contributed by atoms with Crippen molar-refractivity contribution in [1.29, 1.82) is 0 Å². The van der Waals surface area contributed by atoms with Crippen LogP contribution >= 0.6 is 0 Å². The van der Waals surface area contributed by atoms with Crippen molar-refractivity contribution in [3.8, 4) is 5.75 Å². The summed E-state index contributed by atoms with van der Waals surface area (Å²) in [6.45, 7) is 0.780. The van der Waals surface area contributed by atoms with Crippen LogP contribution in [0.25, 0.3) is 0 Å². The molecule has 4 nitrogen and oxygen atoms in total. The maximum absolute atomic E-state index is 12.1. The van der Waals surface area contributed by atoms with E-state index >= 15 is 0 Å². The summed E-state index contributed by atoms with van der Waals surface area (Å²) in [5, 5.41) is 2.63. The molecule has 2 aromatic rings. The number of nitrogens with one attached hydrogen (secondary N) is 1. The molecule has 128 valence electrons. The first kappa shape index (κ1) is 17.8. The zero-order chi connectivity index (χ0) is 17.6. The Kier molecular flexibility index (Phi) is 5.81. The lowest BCUT2D eigenvalue weighted by molar-refractivity contribution is -0.274. The molecule has 0 spiro atoms. The van der Waals surface area contributed by atoms with Gasteiger partial charge in [0.15, 0.2) is 0 Å². The van der Waals surface area contributed by atoms with Crippen LogP contribution in [0.3, 0.4) is 0 Å². The predicted molar refractivity (Wildman–Crippen MR) is 84.5 cm³/mol. The summed E-state index contributed by atoms with van der Waals surface area (Å²) in [6, 6.07) is 14.7. The summed E-state index contributed by atoms with van der Waals surface area (Å²) in [6.07, 6.45) is -4.73. The number of carbonyl (C=O) groups is 1. The molecular formula is C17H17F3N2O2. The molecule has 1 amide bonds. The van der Waals surface area contributed by atoms with E-state index < -0.39 is 6.36 Å². The zero-order valence-electron chi connectivity index (χ0n) is 13.0. The van der Waals surface area contributed by atoms with Crippen LogP contribution in [0.5, 0.6) is 5.75 Å². The van der Waals surface area contributed by atoms with Crippen LogP contribution in [-0.4, -0.2) is 30.8 Å². The van der Waals surface area contributed by atoms with Crippen molar-refractivity contribution in [2.75, 3.05) is 18.9 Å². The highest BCUT2D eigenvalue weighted by Crippen LogP contribution is 2.23. The van der Waals surface area contributed by atoms with Gasteiger partial charge in [0.1, 0.15) is 5.75 Å². The predicted octanol–water partition coefficient (Wildman–Crippen LogP) is 3.66. The number of carbonyl (C=O) groups excluding carboxylic acids is 1. The van der Waals surface area contributed by atoms with Gasteiger partial charge in [-0.2, -0.15) is 0 Å². The number of rotatable bonds is 6. The van der Waals surface area contributed by atoms with Gasteiger partial charge in [0, 0.05) is 12.2 Å². The summed E-state index contributed by atoms with van der Waals surface area (Å²) in [7, 11) is 1.81. The largest absolute Gasteiger partial charge is 0.573 e. The zero-order valence-corrected chi connectivity index (χ0v) is 13.0. The van der Waals surface area contributed by atoms with Crippen molar-refractivity contribution in [1.82, 2.24) is 4.90 Å². The fourth-order valence-corrected chi connectivity index (χ4v) is 2.14. The highest BCUT2D eigenvalue weighted by atomic mass is 19.4. The first-order valence-corrected chi connectivity index (χ1v) is 7.20. The summed E-state index contributed by atoms with van der Waals surface area (Å²) in [5.74, 6) is -0.584. The number of alkyl halides is 3. The molecule has 0 aliphatic carbocycles. The van der Waals surface area contributed by atoms with Crippen molar-refractivity contribution in [3.05, 3.63) is 60.2 Å². The minimum Gasteiger partial charge on any atom is -0.406 e. The van der Waals surface area contributed by atoms with E-state index in [2.05, 4.69) is 10.1 Å². The molecule has 0 radical (unpaired) electrons. The number of hydrogen-bond acceptors (Lipinski definition) is 3. The van der Waals surface area contributed by atoms with E-state index in [1.54, 1.807) is 0 Å². The summed E-state index contributed by atoms with van der Waals surface area (Å²) in [5.41, 5.74) is 1.49. The van der Waals surface area contributed by atoms with E-state index in [1.807, 2.05) is 42.3 Å². The molecule has 24 heavy (non-hydrogen) atoms. The van der Waals surface area contributed by atoms with Gasteiger partial charge in [-0.3, -0.25) is 9.69 Å². The first-order chi connectivity index (χ1) is 11.3. The molecule has 0 atom stereocenters. The maximum Gasteiger partial charge on any atom is 0.573 e. The lowest BCUT2D eigenvalue weighted by Crippen LogP contribution is -2.29. The third-order valence-corrected chi connectivity index (χ3v) is 3.08. The summed E-state index contributed by atoms with van der Waals surface area (Å²) >= 11 is 0. The third-order valence-electron chi connectivity index (χ3n) is 3.08. The van der Waals surface area contributed by atoms with Crippen molar-refractivity contribution in [3.63, 3.8) is 0 Å². The van der Waals surface area contributed by atoms with Crippen LogP contribution in [0, 0.1) is 0 Å². The Balaban J connectivity index is 1.83. The van der Waals surface area contributed by atoms with Crippen LogP contribution in [0.2, 0.25) is 0 Å². The smallest absolute Gasteiger partial charge is 0.406 e. The van der Waals surface area contributed by atoms with Gasteiger partial charge in [-0.05, 0) is 36.9 Å². The van der Waals surface area contributed by atoms with E-state index in [-0.39, 0.29) is 18.2 Å². The maximum atomic E-state index is 12.1. The number of likely N-dealkylation sites (N-methyl/N-ethyl adjacent to an activating group) is 1. The van der Waals surface area contributed by atoms with Gasteiger partial charge < -0.3 is 10.1 Å². The molecule has 1 N–H and O–H groups in total. The number of anilines is 1. The Morgan fingerprint density at radius 1 is 1.08 bits per heavy atom. The molecule has 0 unspecified atom stereocenters. The molecule has 0 aliphatic heterocycles. The number of halogens is 3. The fraction of sp³-hybridized carbons (Fsp3) is 0.235. The molecule has 2 rings (SSSR count). The quantitative estimate of drug-likeness (QED) is 0.874. The molecule has 0 bridgehead atoms. The lowest BCUT2D eigenvalue weighted by Gasteiger charge is -2.16. The Labute approximate surface area is 137 Å². The van der Waals surface area contributed by atoms with Gasteiger partial charge in [0.05, 0.1) is 6.54 Å². The Hall–Kier alpha value is -2.54. The van der Waals surface area contributed by atoms with E-state index in [9.17, 15) is 18.0 Å². The van der Waals surface area contributed by atoms with Crippen molar-refractivity contribution in [2.45, 2.75) is 12.9 Å². The normalized spacial score (nSPS) is 11.4. The van der Waals surface area contributed by atoms with Gasteiger partial charge in [-0.1, -0.05) is 30.3 Å². The third kappa shape index (κ3) is 6.29. The van der Waals surface area contributed by atoms with Crippen LogP contribution in [0.15, 0.2) is 54.6 Å². The van der Waals surface area contributed by atoms with Crippen LogP contribution in [0.1, 0.15) is 5.56 Å². The molecule has 0 aliphatic rings. The topological polar surface area (TPSA) is 41.6 Å². The first-order valence-electron chi connectivity index (χ1n) is 7.20. The molecule has 0 aromatic heterocycles. The highest BCUT2D eigenvalue weighted by Gasteiger charge is 2.30. The summed E-state index contributed by atoms with van der Waals surface area (Å²) < 4.78 is 40.0. The second kappa shape index (κ2) is 7.83. The molecule has 0 saturated heterocycles. The number of nitrogens with zero attached hydrogens (tertiary/aromatic N) is 1. The molecule has 7 heteroatoms. The Morgan fingerprint density at radius 3 is 2.29 bits per heavy atom. The molecule has 2 aromatic carbocycles. The molecular weight excluding hydrogens is 321 g/mol. The number of benzene rings is 2. The van der Waals surface area contributed by atoms with Crippen molar-refractivity contribution >= 4 is 11.6 Å². The average molecular weight is 338 g/mol. The van der Waals surface area contributed by atoms with Crippen molar-refractivity contribution in [2.24, 2.45) is 0 Å². The summed E-state index contributed by atoms with van der Waals surface area (Å²) in [4.78, 5) is 13.8. The van der Waals surface area contributed by atoms with E-state index in [0.29, 0.717) is 12.2 Å². The number of ether oxygens (including phenoxy) is 1. The molecule has 0 saturated carbocycles. The molecule has 0 fully saturated rings. The second-order valence-corrected chi connectivity index (χ2v) is 5.28. The average Bonchev–Trinajstić information content (AvgIpc) is 2.48. The van der Waals surface area contributed by atoms with Gasteiger partial charge in [-0.15, -0.1) is 13.2 Å². The number of hydrogen-bond donors (Lipinski definition) is 1. The standard InChI is InChI=1S/C17H17F3N2O2/c1-22(11-13-5-3-2-4-6-13)12-16(23)21-14-7-9-15(10-8-14)24-17(18,19)20/h2-10H,11-12H2,1H3,(H,21,23). The van der Waals surface area contributed by atoms with Gasteiger partial charge in [0.25, 0.3) is 0 Å². The minimum atomic E-state index is -4.73. The number of amides is 1. The second-order valence-electron chi connectivity index (χ2n) is 5.28. The van der Waals surface area contributed by atoms with Gasteiger partial charge >= 0.3 is 6.36 Å². The minimum absolute atomic E-state index is 0.162. The lowest BCUT2D eigenvalue weighted by atomic mass is 10.2. The van der Waals surface area contributed by atoms with Crippen LogP contribution < -0.4 is 10.1 Å². The van der Waals surface area contributed by atoms with E-state index in [1.165, 1.54) is 12.1 Å². The van der Waals surface area contributed by atoms with Crippen LogP contribution in [-0.2, 0) is 11.3 Å². The van der Waals surface area contributed by atoms with Gasteiger partial charge in [0.2, 0.25) is 5.91 Å². The van der Waals surface area contributed by atoms with E-state index in [0.717, 1.165) is 17.7 Å².